The maximum absolute atomic E-state index is 12.9. The standard InChI is InChI=1S/C17H10BrN3O4S/c18-10-4-1-3-9(7-10)13-12(14(22)11-5-2-6-25-11)15(23)16(24)21(13)17-20-19-8-26-17/h1-8,13,23H. The van der Waals surface area contributed by atoms with Gasteiger partial charge in [-0.3, -0.25) is 14.5 Å². The first-order valence-electron chi connectivity index (χ1n) is 7.44. The summed E-state index contributed by atoms with van der Waals surface area (Å²) < 4.78 is 5.94. The number of benzene rings is 1. The topological polar surface area (TPSA) is 96.5 Å². The Bertz CT molecular complexity index is 1010. The van der Waals surface area contributed by atoms with Gasteiger partial charge in [0.25, 0.3) is 5.91 Å². The third-order valence-corrected chi connectivity index (χ3v) is 5.10. The van der Waals surface area contributed by atoms with Crippen molar-refractivity contribution in [1.82, 2.24) is 10.2 Å². The quantitative estimate of drug-likeness (QED) is 0.632. The lowest BCUT2D eigenvalue weighted by atomic mass is 9.95. The van der Waals surface area contributed by atoms with Crippen LogP contribution in [0.3, 0.4) is 0 Å². The number of Topliss-reactive ketones (excluding diaryl/α,β-unsaturated/α-hetero) is 1. The number of anilines is 1. The fourth-order valence-corrected chi connectivity index (χ4v) is 3.84. The van der Waals surface area contributed by atoms with Crippen molar-refractivity contribution in [3.05, 3.63) is 75.3 Å². The lowest BCUT2D eigenvalue weighted by Gasteiger charge is -2.23. The molecule has 9 heteroatoms. The number of carbonyl (C=O) groups excluding carboxylic acids is 2. The van der Waals surface area contributed by atoms with Crippen LogP contribution in [0.1, 0.15) is 22.2 Å². The zero-order chi connectivity index (χ0) is 18.3. The summed E-state index contributed by atoms with van der Waals surface area (Å²) in [6.07, 6.45) is 1.36. The molecule has 26 heavy (non-hydrogen) atoms. The second-order valence-electron chi connectivity index (χ2n) is 5.42. The molecule has 0 fully saturated rings. The van der Waals surface area contributed by atoms with Gasteiger partial charge in [0.2, 0.25) is 10.9 Å². The third-order valence-electron chi connectivity index (χ3n) is 3.92. The number of hydrogen-bond donors (Lipinski definition) is 1. The van der Waals surface area contributed by atoms with Crippen molar-refractivity contribution >= 4 is 44.1 Å². The van der Waals surface area contributed by atoms with E-state index >= 15 is 0 Å². The van der Waals surface area contributed by atoms with E-state index in [1.807, 2.05) is 6.07 Å². The summed E-state index contributed by atoms with van der Waals surface area (Å²) in [5.41, 5.74) is 2.06. The van der Waals surface area contributed by atoms with Crippen molar-refractivity contribution in [1.29, 1.82) is 0 Å². The van der Waals surface area contributed by atoms with Crippen LogP contribution in [0.15, 0.2) is 68.4 Å². The van der Waals surface area contributed by atoms with Crippen LogP contribution < -0.4 is 4.90 Å². The molecule has 1 N–H and O–H groups in total. The first-order valence-corrected chi connectivity index (χ1v) is 9.11. The minimum Gasteiger partial charge on any atom is -0.503 e. The van der Waals surface area contributed by atoms with Crippen LogP contribution >= 0.6 is 27.3 Å². The second kappa shape index (κ2) is 6.50. The molecule has 3 heterocycles. The largest absolute Gasteiger partial charge is 0.503 e. The maximum Gasteiger partial charge on any atom is 0.296 e. The van der Waals surface area contributed by atoms with Crippen LogP contribution in [0.5, 0.6) is 0 Å². The lowest BCUT2D eigenvalue weighted by Crippen LogP contribution is -2.31. The number of nitrogens with zero attached hydrogens (tertiary/aromatic N) is 3. The number of rotatable bonds is 4. The molecular formula is C17H10BrN3O4S. The predicted molar refractivity (Wildman–Crippen MR) is 97.0 cm³/mol. The van der Waals surface area contributed by atoms with Gasteiger partial charge in [-0.25, -0.2) is 0 Å². The van der Waals surface area contributed by atoms with E-state index in [2.05, 4.69) is 26.1 Å². The number of hydrogen-bond acceptors (Lipinski definition) is 7. The molecule has 1 aromatic carbocycles. The molecule has 0 spiro atoms. The van der Waals surface area contributed by atoms with Crippen molar-refractivity contribution in [2.24, 2.45) is 0 Å². The third kappa shape index (κ3) is 2.65. The summed E-state index contributed by atoms with van der Waals surface area (Å²) >= 11 is 4.53. The number of furan rings is 1. The Morgan fingerprint density at radius 3 is 2.81 bits per heavy atom. The fourth-order valence-electron chi connectivity index (χ4n) is 2.84. The Morgan fingerprint density at radius 2 is 2.15 bits per heavy atom. The minimum atomic E-state index is -0.842. The average Bonchev–Trinajstić information content (AvgIpc) is 3.37. The van der Waals surface area contributed by atoms with E-state index in [-0.39, 0.29) is 16.5 Å². The zero-order valence-electron chi connectivity index (χ0n) is 13.0. The summed E-state index contributed by atoms with van der Waals surface area (Å²) in [6.45, 7) is 0. The van der Waals surface area contributed by atoms with Crippen LogP contribution in [0.4, 0.5) is 5.13 Å². The number of carbonyl (C=O) groups is 2. The van der Waals surface area contributed by atoms with Gasteiger partial charge in [0.05, 0.1) is 17.9 Å². The van der Waals surface area contributed by atoms with E-state index in [4.69, 9.17) is 4.42 Å². The second-order valence-corrected chi connectivity index (χ2v) is 7.15. The summed E-state index contributed by atoms with van der Waals surface area (Å²) in [5, 5.41) is 18.4. The highest BCUT2D eigenvalue weighted by Gasteiger charge is 2.46. The van der Waals surface area contributed by atoms with Crippen LogP contribution in [0.25, 0.3) is 0 Å². The number of aliphatic hydroxyl groups is 1. The van der Waals surface area contributed by atoms with Gasteiger partial charge in [-0.15, -0.1) is 10.2 Å². The zero-order valence-corrected chi connectivity index (χ0v) is 15.4. The smallest absolute Gasteiger partial charge is 0.296 e. The van der Waals surface area contributed by atoms with E-state index in [1.54, 1.807) is 24.3 Å². The SMILES string of the molecule is O=C(C1=C(O)C(=O)N(c2nncs2)C1c1cccc(Br)c1)c1ccco1. The molecule has 0 radical (unpaired) electrons. The van der Waals surface area contributed by atoms with Crippen molar-refractivity contribution < 1.29 is 19.1 Å². The van der Waals surface area contributed by atoms with Crippen LogP contribution in [-0.2, 0) is 4.79 Å². The van der Waals surface area contributed by atoms with E-state index in [1.165, 1.54) is 22.7 Å². The molecule has 0 saturated carbocycles. The first kappa shape index (κ1) is 16.7. The fraction of sp³-hybridized carbons (Fsp3) is 0.0588. The number of aromatic nitrogens is 2. The molecule has 130 valence electrons. The van der Waals surface area contributed by atoms with Gasteiger partial charge in [0, 0.05) is 4.47 Å². The van der Waals surface area contributed by atoms with Crippen molar-refractivity contribution in [3.8, 4) is 0 Å². The van der Waals surface area contributed by atoms with Gasteiger partial charge < -0.3 is 9.52 Å². The molecule has 0 saturated heterocycles. The van der Waals surface area contributed by atoms with Crippen molar-refractivity contribution in [3.63, 3.8) is 0 Å². The number of aliphatic hydroxyl groups excluding tert-OH is 1. The van der Waals surface area contributed by atoms with E-state index < -0.39 is 23.5 Å². The number of amides is 1. The Balaban J connectivity index is 1.89. The predicted octanol–water partition coefficient (Wildman–Crippen LogP) is 3.68. The minimum absolute atomic E-state index is 0.0402. The Morgan fingerprint density at radius 1 is 1.31 bits per heavy atom. The van der Waals surface area contributed by atoms with Crippen molar-refractivity contribution in [2.45, 2.75) is 6.04 Å². The molecule has 4 rings (SSSR count). The molecule has 1 amide bonds. The van der Waals surface area contributed by atoms with Gasteiger partial charge in [-0.1, -0.05) is 39.4 Å². The van der Waals surface area contributed by atoms with Gasteiger partial charge in [0.1, 0.15) is 5.51 Å². The molecule has 1 unspecified atom stereocenters. The average molecular weight is 432 g/mol. The molecule has 0 bridgehead atoms. The number of halogens is 1. The van der Waals surface area contributed by atoms with Gasteiger partial charge in [-0.2, -0.15) is 0 Å². The summed E-state index contributed by atoms with van der Waals surface area (Å²) in [5.74, 6) is -1.84. The molecule has 1 atom stereocenters. The highest BCUT2D eigenvalue weighted by Crippen LogP contribution is 2.42. The van der Waals surface area contributed by atoms with E-state index in [0.29, 0.717) is 5.56 Å². The molecule has 1 aliphatic rings. The monoisotopic (exact) mass is 431 g/mol. The molecule has 2 aromatic heterocycles. The Labute approximate surface area is 159 Å². The van der Waals surface area contributed by atoms with Gasteiger partial charge >= 0.3 is 0 Å². The molecular weight excluding hydrogens is 422 g/mol. The van der Waals surface area contributed by atoms with E-state index in [9.17, 15) is 14.7 Å². The maximum atomic E-state index is 12.9. The highest BCUT2D eigenvalue weighted by atomic mass is 79.9. The summed E-state index contributed by atoms with van der Waals surface area (Å²) in [7, 11) is 0. The summed E-state index contributed by atoms with van der Waals surface area (Å²) in [4.78, 5) is 26.9. The highest BCUT2D eigenvalue weighted by molar-refractivity contribution is 9.10. The number of ketones is 1. The van der Waals surface area contributed by atoms with Crippen molar-refractivity contribution in [2.75, 3.05) is 4.90 Å². The normalized spacial score (nSPS) is 17.2. The van der Waals surface area contributed by atoms with Crippen LogP contribution in [0, 0.1) is 0 Å². The van der Waals surface area contributed by atoms with Gasteiger partial charge in [-0.05, 0) is 29.8 Å². The Hall–Kier alpha value is -2.78. The molecule has 3 aromatic rings. The van der Waals surface area contributed by atoms with Crippen LogP contribution in [0.2, 0.25) is 0 Å². The molecule has 0 aliphatic carbocycles. The molecule has 7 nitrogen and oxygen atoms in total. The molecule has 1 aliphatic heterocycles. The van der Waals surface area contributed by atoms with Gasteiger partial charge in [0.15, 0.2) is 11.5 Å². The first-order chi connectivity index (χ1) is 12.6. The van der Waals surface area contributed by atoms with E-state index in [0.717, 1.165) is 15.8 Å². The summed E-state index contributed by atoms with van der Waals surface area (Å²) in [6, 6.07) is 9.37. The lowest BCUT2D eigenvalue weighted by molar-refractivity contribution is -0.117. The Kier molecular flexibility index (Phi) is 4.17. The van der Waals surface area contributed by atoms with Crippen LogP contribution in [-0.4, -0.2) is 27.0 Å².